The minimum atomic E-state index is -3.89. The number of anilines is 1. The average Bonchev–Trinajstić information content (AvgIpc) is 2.67. The SMILES string of the molecule is CC(C)CCCCCCCCCCCCCC(C(=O)O)S(=O)(=O)c1ccc(N)cc1. The molecule has 0 aliphatic rings. The zero-order valence-electron chi connectivity index (χ0n) is 18.8. The van der Waals surface area contributed by atoms with Gasteiger partial charge in [-0.15, -0.1) is 0 Å². The molecule has 0 fully saturated rings. The number of nitrogen functional groups attached to an aromatic ring is 1. The first-order chi connectivity index (χ1) is 14.2. The molecule has 0 spiro atoms. The minimum absolute atomic E-state index is 0.0216. The Hall–Kier alpha value is -1.56. The summed E-state index contributed by atoms with van der Waals surface area (Å²) in [4.78, 5) is 11.6. The highest BCUT2D eigenvalue weighted by atomic mass is 32.2. The van der Waals surface area contributed by atoms with E-state index in [1.54, 1.807) is 0 Å². The number of carboxylic acid groups (broad SMARTS) is 1. The summed E-state index contributed by atoms with van der Waals surface area (Å²) in [5.41, 5.74) is 6.04. The fourth-order valence-electron chi connectivity index (χ4n) is 3.71. The normalized spacial score (nSPS) is 12.9. The lowest BCUT2D eigenvalue weighted by molar-refractivity contribution is -0.136. The Balaban J connectivity index is 2.18. The molecule has 0 saturated carbocycles. The maximum atomic E-state index is 12.6. The van der Waals surface area contributed by atoms with Gasteiger partial charge >= 0.3 is 5.97 Å². The summed E-state index contributed by atoms with van der Waals surface area (Å²) in [6, 6.07) is 5.73. The molecule has 1 rings (SSSR count). The Morgan fingerprint density at radius 2 is 1.20 bits per heavy atom. The third-order valence-corrected chi connectivity index (χ3v) is 7.72. The number of benzene rings is 1. The molecule has 6 heteroatoms. The van der Waals surface area contributed by atoms with Gasteiger partial charge in [0.25, 0.3) is 0 Å². The standard InChI is InChI=1S/C24H41NO4S/c1-20(2)14-12-10-8-6-4-3-5-7-9-11-13-15-23(24(26)27)30(28,29)22-18-16-21(25)17-19-22/h16-20,23H,3-15,25H2,1-2H3,(H,26,27). The molecular weight excluding hydrogens is 398 g/mol. The van der Waals surface area contributed by atoms with Gasteiger partial charge < -0.3 is 10.8 Å². The van der Waals surface area contributed by atoms with Gasteiger partial charge in [0.15, 0.2) is 15.1 Å². The Bertz CT molecular complexity index is 698. The Kier molecular flexibility index (Phi) is 12.7. The zero-order valence-corrected chi connectivity index (χ0v) is 19.6. The molecule has 5 nitrogen and oxygen atoms in total. The molecule has 1 aromatic carbocycles. The van der Waals surface area contributed by atoms with E-state index in [-0.39, 0.29) is 11.3 Å². The second kappa shape index (κ2) is 14.4. The van der Waals surface area contributed by atoms with Crippen molar-refractivity contribution in [3.8, 4) is 0 Å². The number of unbranched alkanes of at least 4 members (excludes halogenated alkanes) is 10. The van der Waals surface area contributed by atoms with Gasteiger partial charge in [-0.1, -0.05) is 90.9 Å². The molecule has 0 radical (unpaired) electrons. The largest absolute Gasteiger partial charge is 0.480 e. The van der Waals surface area contributed by atoms with E-state index < -0.39 is 21.1 Å². The van der Waals surface area contributed by atoms with Gasteiger partial charge in [-0.05, 0) is 36.6 Å². The van der Waals surface area contributed by atoms with Gasteiger partial charge in [0.2, 0.25) is 0 Å². The van der Waals surface area contributed by atoms with E-state index in [2.05, 4.69) is 13.8 Å². The molecule has 0 amide bonds. The molecule has 1 unspecified atom stereocenters. The fourth-order valence-corrected chi connectivity index (χ4v) is 5.29. The molecule has 0 bridgehead atoms. The summed E-state index contributed by atoms with van der Waals surface area (Å²) in [7, 11) is -3.89. The van der Waals surface area contributed by atoms with Crippen LogP contribution in [0.15, 0.2) is 29.2 Å². The molecule has 0 aliphatic heterocycles. The van der Waals surface area contributed by atoms with Crippen LogP contribution >= 0.6 is 0 Å². The summed E-state index contributed by atoms with van der Waals surface area (Å²) in [5, 5.41) is 8.03. The third kappa shape index (κ3) is 10.5. The second-order valence-corrected chi connectivity index (χ2v) is 10.9. The van der Waals surface area contributed by atoms with Crippen molar-refractivity contribution in [1.82, 2.24) is 0 Å². The van der Waals surface area contributed by atoms with Gasteiger partial charge in [0.1, 0.15) is 0 Å². The Morgan fingerprint density at radius 3 is 1.60 bits per heavy atom. The first-order valence-electron chi connectivity index (χ1n) is 11.6. The lowest BCUT2D eigenvalue weighted by Gasteiger charge is -2.14. The van der Waals surface area contributed by atoms with E-state index in [9.17, 15) is 18.3 Å². The van der Waals surface area contributed by atoms with Crippen molar-refractivity contribution >= 4 is 21.5 Å². The van der Waals surface area contributed by atoms with E-state index in [1.165, 1.54) is 75.6 Å². The van der Waals surface area contributed by atoms with E-state index in [0.29, 0.717) is 12.1 Å². The van der Waals surface area contributed by atoms with Crippen molar-refractivity contribution in [3.63, 3.8) is 0 Å². The summed E-state index contributed by atoms with van der Waals surface area (Å²) >= 11 is 0. The van der Waals surface area contributed by atoms with Crippen LogP contribution in [0.2, 0.25) is 0 Å². The van der Waals surface area contributed by atoms with Crippen LogP contribution in [-0.2, 0) is 14.6 Å². The Morgan fingerprint density at radius 1 is 0.800 bits per heavy atom. The van der Waals surface area contributed by atoms with Gasteiger partial charge in [-0.25, -0.2) is 8.42 Å². The molecule has 1 atom stereocenters. The zero-order chi connectivity index (χ0) is 22.4. The smallest absolute Gasteiger partial charge is 0.322 e. The molecule has 3 N–H and O–H groups in total. The van der Waals surface area contributed by atoms with Crippen molar-refractivity contribution in [3.05, 3.63) is 24.3 Å². The average molecular weight is 440 g/mol. The molecule has 1 aromatic rings. The molecule has 0 heterocycles. The highest BCUT2D eigenvalue weighted by Gasteiger charge is 2.33. The van der Waals surface area contributed by atoms with Crippen LogP contribution in [-0.4, -0.2) is 24.7 Å². The first kappa shape index (κ1) is 26.5. The van der Waals surface area contributed by atoms with Crippen molar-refractivity contribution in [2.75, 3.05) is 5.73 Å². The lowest BCUT2D eigenvalue weighted by atomic mass is 10.0. The maximum Gasteiger partial charge on any atom is 0.322 e. The Labute approximate surface area is 183 Å². The van der Waals surface area contributed by atoms with Crippen LogP contribution in [0.5, 0.6) is 0 Å². The molecule has 30 heavy (non-hydrogen) atoms. The van der Waals surface area contributed by atoms with Crippen LogP contribution in [0.25, 0.3) is 0 Å². The van der Waals surface area contributed by atoms with E-state index in [0.717, 1.165) is 25.2 Å². The summed E-state index contributed by atoms with van der Waals surface area (Å²) < 4.78 is 25.3. The molecule has 172 valence electrons. The minimum Gasteiger partial charge on any atom is -0.480 e. The molecule has 0 aliphatic carbocycles. The quantitative estimate of drug-likeness (QED) is 0.222. The van der Waals surface area contributed by atoms with Crippen LogP contribution < -0.4 is 5.73 Å². The third-order valence-electron chi connectivity index (χ3n) is 5.61. The summed E-state index contributed by atoms with van der Waals surface area (Å²) in [6.45, 7) is 4.56. The van der Waals surface area contributed by atoms with Crippen LogP contribution in [0.4, 0.5) is 5.69 Å². The highest BCUT2D eigenvalue weighted by molar-refractivity contribution is 7.92. The molecule has 0 saturated heterocycles. The fraction of sp³-hybridized carbons (Fsp3) is 0.708. The number of sulfone groups is 1. The lowest BCUT2D eigenvalue weighted by Crippen LogP contribution is -2.30. The van der Waals surface area contributed by atoms with Crippen LogP contribution in [0, 0.1) is 5.92 Å². The van der Waals surface area contributed by atoms with Gasteiger partial charge in [0.05, 0.1) is 4.90 Å². The van der Waals surface area contributed by atoms with Gasteiger partial charge in [0, 0.05) is 5.69 Å². The van der Waals surface area contributed by atoms with Crippen molar-refractivity contribution in [2.45, 2.75) is 107 Å². The molecule has 0 aromatic heterocycles. The number of nitrogens with two attached hydrogens (primary N) is 1. The van der Waals surface area contributed by atoms with E-state index in [4.69, 9.17) is 5.73 Å². The van der Waals surface area contributed by atoms with Gasteiger partial charge in [-0.2, -0.15) is 0 Å². The summed E-state index contributed by atoms with van der Waals surface area (Å²) in [6.07, 6.45) is 14.3. The van der Waals surface area contributed by atoms with E-state index in [1.807, 2.05) is 0 Å². The number of carbonyl (C=O) groups is 1. The number of hydrogen-bond donors (Lipinski definition) is 2. The van der Waals surface area contributed by atoms with Crippen LogP contribution in [0.1, 0.15) is 97.3 Å². The monoisotopic (exact) mass is 439 g/mol. The number of rotatable bonds is 17. The number of hydrogen-bond acceptors (Lipinski definition) is 4. The predicted octanol–water partition coefficient (Wildman–Crippen LogP) is 6.22. The van der Waals surface area contributed by atoms with E-state index >= 15 is 0 Å². The topological polar surface area (TPSA) is 97.5 Å². The first-order valence-corrected chi connectivity index (χ1v) is 13.1. The summed E-state index contributed by atoms with van der Waals surface area (Å²) in [5.74, 6) is -0.464. The van der Waals surface area contributed by atoms with Crippen molar-refractivity contribution in [2.24, 2.45) is 5.92 Å². The number of aliphatic carboxylic acids is 1. The van der Waals surface area contributed by atoms with Crippen LogP contribution in [0.3, 0.4) is 0 Å². The van der Waals surface area contributed by atoms with Crippen molar-refractivity contribution < 1.29 is 18.3 Å². The second-order valence-electron chi connectivity index (χ2n) is 8.80. The van der Waals surface area contributed by atoms with Crippen molar-refractivity contribution in [1.29, 1.82) is 0 Å². The molecular formula is C24H41NO4S. The van der Waals surface area contributed by atoms with Gasteiger partial charge in [-0.3, -0.25) is 4.79 Å². The predicted molar refractivity (Wildman–Crippen MR) is 124 cm³/mol. The number of carboxylic acids is 1. The highest BCUT2D eigenvalue weighted by Crippen LogP contribution is 2.22. The maximum absolute atomic E-state index is 12.6.